The van der Waals surface area contributed by atoms with Crippen LogP contribution in [0.4, 0.5) is 0 Å². The van der Waals surface area contributed by atoms with Gasteiger partial charge in [-0.25, -0.2) is 0 Å². The Labute approximate surface area is 306 Å². The fourth-order valence-electron chi connectivity index (χ4n) is 5.63. The molecule has 0 spiro atoms. The summed E-state index contributed by atoms with van der Waals surface area (Å²) in [5.74, 6) is -1.14. The van der Waals surface area contributed by atoms with Crippen LogP contribution in [0.25, 0.3) is 0 Å². The van der Waals surface area contributed by atoms with Crippen LogP contribution in [0.2, 0.25) is 13.1 Å². The molecule has 0 heterocycles. The summed E-state index contributed by atoms with van der Waals surface area (Å²) in [6, 6.07) is 0. The third-order valence-electron chi connectivity index (χ3n) is 7.93. The molecule has 0 aromatic carbocycles. The Morgan fingerprint density at radius 1 is 0.600 bits per heavy atom. The van der Waals surface area contributed by atoms with Gasteiger partial charge in [0.05, 0.1) is 41.8 Å². The van der Waals surface area contributed by atoms with Crippen LogP contribution in [0.15, 0.2) is 0 Å². The third-order valence-corrected chi connectivity index (χ3v) is 13.1. The maximum Gasteiger partial charge on any atom is 0.282 e. The molecule has 0 fully saturated rings. The van der Waals surface area contributed by atoms with Gasteiger partial charge >= 0.3 is 0 Å². The van der Waals surface area contributed by atoms with Gasteiger partial charge < -0.3 is 23.7 Å². The lowest BCUT2D eigenvalue weighted by molar-refractivity contribution is -0.379. The first-order valence-electron chi connectivity index (χ1n) is 16.7. The summed E-state index contributed by atoms with van der Waals surface area (Å²) in [7, 11) is -1.43. The summed E-state index contributed by atoms with van der Waals surface area (Å²) >= 11 is 36.8. The predicted molar refractivity (Wildman–Crippen MR) is 196 cm³/mol. The van der Waals surface area contributed by atoms with Crippen LogP contribution in [0.1, 0.15) is 91.4 Å². The monoisotopic (exact) mass is 778 g/mol. The number of hydrogen-bond donors (Lipinski definition) is 0. The van der Waals surface area contributed by atoms with Crippen molar-refractivity contribution < 1.29 is 28.5 Å². The molecule has 0 radical (unpaired) electrons. The number of unbranched alkanes of at least 4 members (excludes halogenated alkanes) is 7. The highest BCUT2D eigenvalue weighted by molar-refractivity contribution is 6.70. The molecule has 0 saturated heterocycles. The van der Waals surface area contributed by atoms with Gasteiger partial charge in [-0.05, 0) is 25.2 Å². The van der Waals surface area contributed by atoms with Crippen molar-refractivity contribution in [2.75, 3.05) is 62.4 Å². The zero-order chi connectivity index (χ0) is 34.2. The molecule has 45 heavy (non-hydrogen) atoms. The number of carbonyl (C=O) groups excluding carboxylic acids is 1. The lowest BCUT2D eigenvalue weighted by Crippen LogP contribution is -2.56. The van der Waals surface area contributed by atoms with E-state index >= 15 is 0 Å². The fourth-order valence-corrected chi connectivity index (χ4v) is 8.52. The summed E-state index contributed by atoms with van der Waals surface area (Å²) in [5.41, 5.74) is 0. The molecule has 0 bridgehead atoms. The van der Waals surface area contributed by atoms with Crippen molar-refractivity contribution in [3.05, 3.63) is 0 Å². The zero-order valence-corrected chi connectivity index (χ0v) is 34.0. The minimum absolute atomic E-state index is 0.0919. The average molecular weight is 782 g/mol. The number of halogens is 6. The van der Waals surface area contributed by atoms with E-state index in [0.29, 0.717) is 56.2 Å². The summed E-state index contributed by atoms with van der Waals surface area (Å²) in [5, 5.41) is 0. The summed E-state index contributed by atoms with van der Waals surface area (Å²) < 4.78 is 29.3. The quantitative estimate of drug-likeness (QED) is 0.0293. The lowest BCUT2D eigenvalue weighted by atomic mass is 9.88. The van der Waals surface area contributed by atoms with Crippen molar-refractivity contribution in [1.29, 1.82) is 0 Å². The maximum absolute atomic E-state index is 14.2. The van der Waals surface area contributed by atoms with Gasteiger partial charge in [0.2, 0.25) is 5.79 Å². The zero-order valence-electron chi connectivity index (χ0n) is 28.3. The average Bonchev–Trinajstić information content (AvgIpc) is 3.02. The molecule has 13 heteroatoms. The second kappa shape index (κ2) is 27.2. The molecule has 0 aliphatic rings. The van der Waals surface area contributed by atoms with Crippen LogP contribution in [-0.4, -0.2) is 93.3 Å². The van der Waals surface area contributed by atoms with E-state index in [-0.39, 0.29) is 30.8 Å². The van der Waals surface area contributed by atoms with Crippen molar-refractivity contribution in [2.45, 2.75) is 121 Å². The number of Topliss-reactive ketones (excluding diaryl/α,β-unsaturated/α-hetero) is 1. The van der Waals surface area contributed by atoms with Gasteiger partial charge in [-0.3, -0.25) is 4.79 Å². The Morgan fingerprint density at radius 3 is 1.31 bits per heavy atom. The molecule has 270 valence electrons. The molecule has 0 rings (SSSR count). The topological polar surface area (TPSA) is 63.2 Å². The number of ether oxygens (including phenoxy) is 5. The maximum atomic E-state index is 14.2. The summed E-state index contributed by atoms with van der Waals surface area (Å²) in [4.78, 5) is 14.2. The van der Waals surface area contributed by atoms with Crippen LogP contribution < -0.4 is 0 Å². The first-order chi connectivity index (χ1) is 21.4. The van der Waals surface area contributed by atoms with Crippen molar-refractivity contribution in [1.82, 2.24) is 0 Å². The van der Waals surface area contributed by atoms with E-state index in [1.165, 1.54) is 0 Å². The standard InChI is InChI=1S/C32H60Cl6O6Si/c1-27(2)26-30(38,45(4)5)28(3)29(39)31(40-21-16-33,41-22-17-34)14-12-10-8-6-7-9-11-13-15-32(42-23-18-35,43-24-19-36)44-25-20-37/h27-28,45H,6-26H2,1-5H3. The van der Waals surface area contributed by atoms with Crippen molar-refractivity contribution in [2.24, 2.45) is 11.8 Å². The first-order valence-corrected chi connectivity index (χ1v) is 22.6. The van der Waals surface area contributed by atoms with Crippen LogP contribution in [0.3, 0.4) is 0 Å². The van der Waals surface area contributed by atoms with Crippen LogP contribution in [0, 0.1) is 11.8 Å². The van der Waals surface area contributed by atoms with Gasteiger partial charge in [0.25, 0.3) is 5.97 Å². The first kappa shape index (κ1) is 46.4. The van der Waals surface area contributed by atoms with E-state index < -0.39 is 31.0 Å². The minimum Gasteiger partial charge on any atom is -0.342 e. The van der Waals surface area contributed by atoms with E-state index in [1.54, 1.807) is 0 Å². The SMILES string of the molecule is CC(C)CC(Cl)(C(C)C(=O)C(CCCCCCCCCCC(OCCCl)(OCCCl)OCCCl)(OCCCl)OCCCl)[SiH](C)C. The van der Waals surface area contributed by atoms with Gasteiger partial charge in [0.1, 0.15) is 0 Å². The van der Waals surface area contributed by atoms with Crippen LogP contribution in [-0.2, 0) is 28.5 Å². The lowest BCUT2D eigenvalue weighted by Gasteiger charge is -2.42. The highest BCUT2D eigenvalue weighted by Gasteiger charge is 2.50. The highest BCUT2D eigenvalue weighted by atomic mass is 35.5. The molecule has 0 amide bonds. The number of carbonyl (C=O) groups is 1. The highest BCUT2D eigenvalue weighted by Crippen LogP contribution is 2.40. The summed E-state index contributed by atoms with van der Waals surface area (Å²) in [6.07, 6.45) is 9.79. The third kappa shape index (κ3) is 18.3. The second-order valence-corrected chi connectivity index (χ2v) is 18.5. The molecule has 0 aromatic rings. The Bertz CT molecular complexity index is 708. The number of alkyl halides is 6. The molecule has 2 atom stereocenters. The van der Waals surface area contributed by atoms with E-state index in [0.717, 1.165) is 57.8 Å². The second-order valence-electron chi connectivity index (χ2n) is 12.2. The largest absolute Gasteiger partial charge is 0.342 e. The predicted octanol–water partition coefficient (Wildman–Crippen LogP) is 9.77. The summed E-state index contributed by atoms with van der Waals surface area (Å²) in [6.45, 7) is 12.0. The van der Waals surface area contributed by atoms with Crippen LogP contribution in [0.5, 0.6) is 0 Å². The molecule has 0 aromatic heterocycles. The van der Waals surface area contributed by atoms with Crippen molar-refractivity contribution in [3.8, 4) is 0 Å². The molecular weight excluding hydrogens is 721 g/mol. The van der Waals surface area contributed by atoms with Gasteiger partial charge in [-0.15, -0.1) is 69.6 Å². The molecule has 0 N–H and O–H groups in total. The van der Waals surface area contributed by atoms with Crippen molar-refractivity contribution in [3.63, 3.8) is 0 Å². The van der Waals surface area contributed by atoms with Crippen molar-refractivity contribution >= 4 is 84.2 Å². The van der Waals surface area contributed by atoms with Gasteiger partial charge in [-0.2, -0.15) is 0 Å². The number of hydrogen-bond acceptors (Lipinski definition) is 6. The van der Waals surface area contributed by atoms with E-state index in [2.05, 4.69) is 26.9 Å². The molecule has 0 saturated carbocycles. The van der Waals surface area contributed by atoms with Gasteiger partial charge in [0.15, 0.2) is 5.78 Å². The molecule has 6 nitrogen and oxygen atoms in total. The fraction of sp³-hybridized carbons (Fsp3) is 0.969. The Morgan fingerprint density at radius 2 is 0.956 bits per heavy atom. The van der Waals surface area contributed by atoms with Crippen LogP contribution >= 0.6 is 69.6 Å². The van der Waals surface area contributed by atoms with E-state index in [4.69, 9.17) is 93.3 Å². The Balaban J connectivity index is 5.07. The number of ketones is 1. The normalized spacial score (nSPS) is 14.8. The molecule has 2 unspecified atom stereocenters. The molecule has 0 aliphatic carbocycles. The van der Waals surface area contributed by atoms with E-state index in [1.807, 2.05) is 6.92 Å². The van der Waals surface area contributed by atoms with E-state index in [9.17, 15) is 4.79 Å². The minimum atomic E-state index is -1.43. The molecular formula is C32H60Cl6O6Si. The van der Waals surface area contributed by atoms with Gasteiger partial charge in [0, 0.05) is 52.7 Å². The Kier molecular flexibility index (Phi) is 28.0. The Hall–Kier alpha value is 1.43. The molecule has 0 aliphatic heterocycles. The smallest absolute Gasteiger partial charge is 0.282 e. The van der Waals surface area contributed by atoms with Gasteiger partial charge in [-0.1, -0.05) is 72.4 Å². The number of rotatable bonds is 32.